The smallest absolute Gasteiger partial charge is 0.00519 e. The van der Waals surface area contributed by atoms with E-state index in [-0.39, 0.29) is 0 Å². The van der Waals surface area contributed by atoms with Gasteiger partial charge in [-0.3, -0.25) is 0 Å². The van der Waals surface area contributed by atoms with Gasteiger partial charge >= 0.3 is 0 Å². The standard InChI is InChI=1S/C14H29N/c1-14(2)12-10-8-6-4-5-7-9-11-13-15-3/h15H,1,4-13H2,2-3H3. The second kappa shape index (κ2) is 11.8. The van der Waals surface area contributed by atoms with Crippen molar-refractivity contribution in [3.63, 3.8) is 0 Å². The average molecular weight is 211 g/mol. The Balaban J connectivity index is 2.89. The van der Waals surface area contributed by atoms with Crippen LogP contribution < -0.4 is 5.32 Å². The molecule has 90 valence electrons. The molecule has 0 saturated carbocycles. The molecular formula is C14H29N. The summed E-state index contributed by atoms with van der Waals surface area (Å²) >= 11 is 0. The molecule has 0 aromatic heterocycles. The summed E-state index contributed by atoms with van der Waals surface area (Å²) in [6, 6.07) is 0. The van der Waals surface area contributed by atoms with Gasteiger partial charge < -0.3 is 5.32 Å². The summed E-state index contributed by atoms with van der Waals surface area (Å²) in [7, 11) is 2.03. The van der Waals surface area contributed by atoms with Gasteiger partial charge in [0.2, 0.25) is 0 Å². The van der Waals surface area contributed by atoms with Gasteiger partial charge in [0, 0.05) is 0 Å². The molecule has 0 spiro atoms. The summed E-state index contributed by atoms with van der Waals surface area (Å²) in [4.78, 5) is 0. The Kier molecular flexibility index (Phi) is 11.5. The van der Waals surface area contributed by atoms with E-state index < -0.39 is 0 Å². The van der Waals surface area contributed by atoms with Crippen molar-refractivity contribution in [3.8, 4) is 0 Å². The lowest BCUT2D eigenvalue weighted by Crippen LogP contribution is -2.06. The highest BCUT2D eigenvalue weighted by Gasteiger charge is 1.92. The van der Waals surface area contributed by atoms with Gasteiger partial charge in [-0.05, 0) is 39.8 Å². The number of allylic oxidation sites excluding steroid dienone is 1. The second-order valence-corrected chi connectivity index (χ2v) is 4.64. The first-order chi connectivity index (χ1) is 7.27. The monoisotopic (exact) mass is 211 g/mol. The molecule has 1 heteroatoms. The fourth-order valence-electron chi connectivity index (χ4n) is 1.79. The van der Waals surface area contributed by atoms with Crippen LogP contribution in [0, 0.1) is 0 Å². The zero-order valence-corrected chi connectivity index (χ0v) is 10.8. The largest absolute Gasteiger partial charge is 0.320 e. The highest BCUT2D eigenvalue weighted by Crippen LogP contribution is 2.11. The lowest BCUT2D eigenvalue weighted by Gasteiger charge is -2.02. The summed E-state index contributed by atoms with van der Waals surface area (Å²) in [5.74, 6) is 0. The first kappa shape index (κ1) is 14.7. The van der Waals surface area contributed by atoms with Crippen LogP contribution >= 0.6 is 0 Å². The maximum atomic E-state index is 3.92. The van der Waals surface area contributed by atoms with E-state index in [0.29, 0.717) is 0 Å². The maximum absolute atomic E-state index is 3.92. The number of nitrogens with one attached hydrogen (secondary N) is 1. The van der Waals surface area contributed by atoms with E-state index in [1.54, 1.807) is 0 Å². The Bertz CT molecular complexity index is 140. The zero-order valence-electron chi connectivity index (χ0n) is 10.8. The fourth-order valence-corrected chi connectivity index (χ4v) is 1.79. The molecule has 0 fully saturated rings. The lowest BCUT2D eigenvalue weighted by atomic mass is 10.1. The predicted octanol–water partition coefficient (Wildman–Crippen LogP) is 4.29. The predicted molar refractivity (Wildman–Crippen MR) is 70.3 cm³/mol. The molecule has 0 atom stereocenters. The molecule has 0 saturated heterocycles. The molecule has 0 aromatic carbocycles. The van der Waals surface area contributed by atoms with E-state index >= 15 is 0 Å². The van der Waals surface area contributed by atoms with E-state index in [1.807, 2.05) is 7.05 Å². The van der Waals surface area contributed by atoms with Gasteiger partial charge in [-0.2, -0.15) is 0 Å². The van der Waals surface area contributed by atoms with E-state index in [0.717, 1.165) is 0 Å². The number of unbranched alkanes of at least 4 members (excludes halogenated alkanes) is 7. The first-order valence-corrected chi connectivity index (χ1v) is 6.56. The molecule has 0 aromatic rings. The Morgan fingerprint density at radius 1 is 0.867 bits per heavy atom. The van der Waals surface area contributed by atoms with E-state index in [2.05, 4.69) is 18.8 Å². The number of hydrogen-bond donors (Lipinski definition) is 1. The summed E-state index contributed by atoms with van der Waals surface area (Å²) in [5, 5.41) is 3.19. The SMILES string of the molecule is C=C(C)CCCCCCCCCCNC. The summed E-state index contributed by atoms with van der Waals surface area (Å²) in [5.41, 5.74) is 1.34. The van der Waals surface area contributed by atoms with Crippen molar-refractivity contribution < 1.29 is 0 Å². The van der Waals surface area contributed by atoms with E-state index in [1.165, 1.54) is 69.9 Å². The van der Waals surface area contributed by atoms with Crippen LogP contribution in [0.2, 0.25) is 0 Å². The average Bonchev–Trinajstić information content (AvgIpc) is 2.20. The molecule has 0 bridgehead atoms. The molecule has 0 aliphatic rings. The van der Waals surface area contributed by atoms with Gasteiger partial charge in [0.15, 0.2) is 0 Å². The Hall–Kier alpha value is -0.300. The molecule has 0 heterocycles. The zero-order chi connectivity index (χ0) is 11.4. The summed E-state index contributed by atoms with van der Waals surface area (Å²) < 4.78 is 0. The quantitative estimate of drug-likeness (QED) is 0.397. The van der Waals surface area contributed by atoms with Crippen LogP contribution in [0.25, 0.3) is 0 Å². The minimum absolute atomic E-state index is 1.18. The molecule has 0 radical (unpaired) electrons. The van der Waals surface area contributed by atoms with Crippen molar-refractivity contribution in [1.29, 1.82) is 0 Å². The van der Waals surface area contributed by atoms with Crippen LogP contribution in [0.15, 0.2) is 12.2 Å². The fraction of sp³-hybridized carbons (Fsp3) is 0.857. The number of rotatable bonds is 11. The molecular weight excluding hydrogens is 182 g/mol. The molecule has 0 aliphatic heterocycles. The third kappa shape index (κ3) is 13.7. The molecule has 15 heavy (non-hydrogen) atoms. The normalized spacial score (nSPS) is 10.5. The lowest BCUT2D eigenvalue weighted by molar-refractivity contribution is 0.560. The van der Waals surface area contributed by atoms with Crippen molar-refractivity contribution in [2.45, 2.75) is 64.7 Å². The third-order valence-corrected chi connectivity index (χ3v) is 2.78. The van der Waals surface area contributed by atoms with Crippen molar-refractivity contribution >= 4 is 0 Å². The van der Waals surface area contributed by atoms with Crippen LogP contribution in [0.5, 0.6) is 0 Å². The summed E-state index contributed by atoms with van der Waals surface area (Å²) in [6.45, 7) is 7.23. The molecule has 0 aliphatic carbocycles. The van der Waals surface area contributed by atoms with Gasteiger partial charge in [-0.25, -0.2) is 0 Å². The number of hydrogen-bond acceptors (Lipinski definition) is 1. The first-order valence-electron chi connectivity index (χ1n) is 6.56. The van der Waals surface area contributed by atoms with Crippen molar-refractivity contribution in [3.05, 3.63) is 12.2 Å². The highest BCUT2D eigenvalue weighted by atomic mass is 14.8. The van der Waals surface area contributed by atoms with Gasteiger partial charge in [-0.15, -0.1) is 6.58 Å². The minimum Gasteiger partial charge on any atom is -0.320 e. The molecule has 0 unspecified atom stereocenters. The Labute approximate surface area is 96.3 Å². The molecule has 0 amide bonds. The van der Waals surface area contributed by atoms with Gasteiger partial charge in [0.05, 0.1) is 0 Å². The van der Waals surface area contributed by atoms with Crippen LogP contribution in [0.4, 0.5) is 0 Å². The molecule has 1 nitrogen and oxygen atoms in total. The van der Waals surface area contributed by atoms with Gasteiger partial charge in [-0.1, -0.05) is 44.1 Å². The maximum Gasteiger partial charge on any atom is -0.00519 e. The third-order valence-electron chi connectivity index (χ3n) is 2.78. The van der Waals surface area contributed by atoms with Gasteiger partial charge in [0.1, 0.15) is 0 Å². The Morgan fingerprint density at radius 2 is 1.33 bits per heavy atom. The van der Waals surface area contributed by atoms with E-state index in [9.17, 15) is 0 Å². The van der Waals surface area contributed by atoms with Crippen molar-refractivity contribution in [1.82, 2.24) is 5.32 Å². The summed E-state index contributed by atoms with van der Waals surface area (Å²) in [6.07, 6.45) is 12.4. The van der Waals surface area contributed by atoms with Gasteiger partial charge in [0.25, 0.3) is 0 Å². The minimum atomic E-state index is 1.18. The van der Waals surface area contributed by atoms with Crippen LogP contribution in [-0.2, 0) is 0 Å². The van der Waals surface area contributed by atoms with E-state index in [4.69, 9.17) is 0 Å². The second-order valence-electron chi connectivity index (χ2n) is 4.64. The van der Waals surface area contributed by atoms with Crippen LogP contribution in [0.1, 0.15) is 64.7 Å². The molecule has 0 rings (SSSR count). The van der Waals surface area contributed by atoms with Crippen molar-refractivity contribution in [2.75, 3.05) is 13.6 Å². The van der Waals surface area contributed by atoms with Crippen LogP contribution in [-0.4, -0.2) is 13.6 Å². The van der Waals surface area contributed by atoms with Crippen molar-refractivity contribution in [2.24, 2.45) is 0 Å². The molecule has 1 N–H and O–H groups in total. The topological polar surface area (TPSA) is 12.0 Å². The Morgan fingerprint density at radius 3 is 1.80 bits per heavy atom. The van der Waals surface area contributed by atoms with Crippen LogP contribution in [0.3, 0.4) is 0 Å². The highest BCUT2D eigenvalue weighted by molar-refractivity contribution is 4.86.